The van der Waals surface area contributed by atoms with Gasteiger partial charge in [-0.25, -0.2) is 8.78 Å². The van der Waals surface area contributed by atoms with E-state index in [1.54, 1.807) is 0 Å². The maximum Gasteiger partial charge on any atom is 0.131 e. The molecular formula is C14H18F2O2. The summed E-state index contributed by atoms with van der Waals surface area (Å²) < 4.78 is 32.2. The van der Waals surface area contributed by atoms with E-state index in [0.717, 1.165) is 12.1 Å². The molecule has 0 spiro atoms. The van der Waals surface area contributed by atoms with Gasteiger partial charge in [-0.1, -0.05) is 13.0 Å². The first-order valence-corrected chi connectivity index (χ1v) is 6.20. The zero-order chi connectivity index (χ0) is 13.4. The molecule has 100 valence electrons. The second kappa shape index (κ2) is 4.94. The molecule has 18 heavy (non-hydrogen) atoms. The van der Waals surface area contributed by atoms with Crippen molar-refractivity contribution in [3.05, 3.63) is 35.4 Å². The van der Waals surface area contributed by atoms with Gasteiger partial charge in [-0.3, -0.25) is 0 Å². The van der Waals surface area contributed by atoms with Crippen LogP contribution in [0.25, 0.3) is 0 Å². The molecule has 0 saturated carbocycles. The van der Waals surface area contributed by atoms with Crippen LogP contribution in [0.5, 0.6) is 0 Å². The van der Waals surface area contributed by atoms with E-state index in [9.17, 15) is 13.9 Å². The van der Waals surface area contributed by atoms with Crippen LogP contribution in [0, 0.1) is 23.5 Å². The van der Waals surface area contributed by atoms with E-state index in [1.165, 1.54) is 6.07 Å². The van der Waals surface area contributed by atoms with Gasteiger partial charge < -0.3 is 9.84 Å². The van der Waals surface area contributed by atoms with Crippen molar-refractivity contribution in [3.8, 4) is 0 Å². The van der Waals surface area contributed by atoms with Gasteiger partial charge in [-0.15, -0.1) is 0 Å². The lowest BCUT2D eigenvalue weighted by Crippen LogP contribution is -2.25. The molecule has 0 aliphatic carbocycles. The SMILES string of the molecule is CC1OC(C)C(C(O)c2ccc(F)cc2F)C1C. The van der Waals surface area contributed by atoms with Crippen LogP contribution in [-0.4, -0.2) is 17.3 Å². The van der Waals surface area contributed by atoms with Crippen molar-refractivity contribution >= 4 is 0 Å². The van der Waals surface area contributed by atoms with Crippen LogP contribution in [0.4, 0.5) is 8.78 Å². The molecule has 0 bridgehead atoms. The van der Waals surface area contributed by atoms with Crippen LogP contribution in [-0.2, 0) is 4.74 Å². The molecule has 1 saturated heterocycles. The summed E-state index contributed by atoms with van der Waals surface area (Å²) in [6.45, 7) is 5.79. The van der Waals surface area contributed by atoms with Crippen molar-refractivity contribution in [2.75, 3.05) is 0 Å². The summed E-state index contributed by atoms with van der Waals surface area (Å²) >= 11 is 0. The molecule has 1 aliphatic heterocycles. The Morgan fingerprint density at radius 3 is 2.33 bits per heavy atom. The Labute approximate surface area is 106 Å². The molecular weight excluding hydrogens is 238 g/mol. The summed E-state index contributed by atoms with van der Waals surface area (Å²) in [6, 6.07) is 3.26. The maximum absolute atomic E-state index is 13.7. The fourth-order valence-electron chi connectivity index (χ4n) is 2.79. The minimum Gasteiger partial charge on any atom is -0.388 e. The van der Waals surface area contributed by atoms with Crippen LogP contribution >= 0.6 is 0 Å². The predicted octanol–water partition coefficient (Wildman–Crippen LogP) is 3.06. The minimum absolute atomic E-state index is 0.0307. The fourth-order valence-corrected chi connectivity index (χ4v) is 2.79. The Morgan fingerprint density at radius 2 is 1.83 bits per heavy atom. The van der Waals surface area contributed by atoms with Crippen molar-refractivity contribution in [2.45, 2.75) is 39.1 Å². The third-order valence-corrected chi connectivity index (χ3v) is 3.96. The summed E-state index contributed by atoms with van der Waals surface area (Å²) in [4.78, 5) is 0. The van der Waals surface area contributed by atoms with E-state index >= 15 is 0 Å². The number of aliphatic hydroxyl groups is 1. The Bertz CT molecular complexity index is 436. The van der Waals surface area contributed by atoms with E-state index in [0.29, 0.717) is 0 Å². The van der Waals surface area contributed by atoms with Gasteiger partial charge in [0.15, 0.2) is 0 Å². The number of halogens is 2. The third-order valence-electron chi connectivity index (χ3n) is 3.96. The molecule has 0 radical (unpaired) electrons. The highest BCUT2D eigenvalue weighted by Crippen LogP contribution is 2.41. The summed E-state index contributed by atoms with van der Waals surface area (Å²) in [6.07, 6.45) is -1.09. The lowest BCUT2D eigenvalue weighted by Gasteiger charge is -2.25. The van der Waals surface area contributed by atoms with E-state index in [1.807, 2.05) is 20.8 Å². The van der Waals surface area contributed by atoms with Crippen molar-refractivity contribution < 1.29 is 18.6 Å². The molecule has 5 atom stereocenters. The maximum atomic E-state index is 13.7. The molecule has 0 amide bonds. The number of rotatable bonds is 2. The average Bonchev–Trinajstić information content (AvgIpc) is 2.52. The molecule has 2 nitrogen and oxygen atoms in total. The Balaban J connectivity index is 2.28. The average molecular weight is 256 g/mol. The minimum atomic E-state index is -0.972. The molecule has 0 aromatic heterocycles. The van der Waals surface area contributed by atoms with Gasteiger partial charge in [0.1, 0.15) is 11.6 Å². The van der Waals surface area contributed by atoms with Crippen molar-refractivity contribution in [2.24, 2.45) is 11.8 Å². The standard InChI is InChI=1S/C14H18F2O2/c1-7-8(2)18-9(3)13(7)14(17)11-5-4-10(15)6-12(11)16/h4-9,13-14,17H,1-3H3. The van der Waals surface area contributed by atoms with Crippen LogP contribution in [0.3, 0.4) is 0 Å². The Hall–Kier alpha value is -1.00. The monoisotopic (exact) mass is 256 g/mol. The normalized spacial score (nSPS) is 33.7. The van der Waals surface area contributed by atoms with Gasteiger partial charge >= 0.3 is 0 Å². The number of ether oxygens (including phenoxy) is 1. The zero-order valence-electron chi connectivity index (χ0n) is 10.7. The first-order valence-electron chi connectivity index (χ1n) is 6.20. The van der Waals surface area contributed by atoms with E-state index in [2.05, 4.69) is 0 Å². The first-order chi connectivity index (χ1) is 8.41. The van der Waals surface area contributed by atoms with Gasteiger partial charge in [0, 0.05) is 17.5 Å². The molecule has 2 rings (SSSR count). The fraction of sp³-hybridized carbons (Fsp3) is 0.571. The topological polar surface area (TPSA) is 29.5 Å². The third kappa shape index (κ3) is 2.27. The largest absolute Gasteiger partial charge is 0.388 e. The summed E-state index contributed by atoms with van der Waals surface area (Å²) in [5.74, 6) is -1.40. The van der Waals surface area contributed by atoms with Crippen LogP contribution in [0.2, 0.25) is 0 Å². The van der Waals surface area contributed by atoms with Gasteiger partial charge in [0.05, 0.1) is 18.3 Å². The molecule has 1 aromatic carbocycles. The number of hydrogen-bond acceptors (Lipinski definition) is 2. The second-order valence-corrected chi connectivity index (χ2v) is 5.09. The Kier molecular flexibility index (Phi) is 3.69. The molecule has 1 heterocycles. The zero-order valence-corrected chi connectivity index (χ0v) is 10.7. The first kappa shape index (κ1) is 13.4. The van der Waals surface area contributed by atoms with E-state index < -0.39 is 17.7 Å². The molecule has 1 N–H and O–H groups in total. The second-order valence-electron chi connectivity index (χ2n) is 5.09. The molecule has 5 unspecified atom stereocenters. The number of benzene rings is 1. The Morgan fingerprint density at radius 1 is 1.17 bits per heavy atom. The van der Waals surface area contributed by atoms with Gasteiger partial charge in [-0.05, 0) is 25.8 Å². The lowest BCUT2D eigenvalue weighted by atomic mass is 9.82. The predicted molar refractivity (Wildman–Crippen MR) is 64.0 cm³/mol. The van der Waals surface area contributed by atoms with Crippen molar-refractivity contribution in [1.29, 1.82) is 0 Å². The van der Waals surface area contributed by atoms with Crippen LogP contribution < -0.4 is 0 Å². The molecule has 1 aliphatic rings. The molecule has 1 fully saturated rings. The highest BCUT2D eigenvalue weighted by Gasteiger charge is 2.42. The van der Waals surface area contributed by atoms with Crippen LogP contribution in [0.1, 0.15) is 32.4 Å². The quantitative estimate of drug-likeness (QED) is 0.881. The summed E-state index contributed by atoms with van der Waals surface area (Å²) in [5.41, 5.74) is 0.137. The van der Waals surface area contributed by atoms with Gasteiger partial charge in [0.2, 0.25) is 0 Å². The summed E-state index contributed by atoms with van der Waals surface area (Å²) in [5, 5.41) is 10.3. The lowest BCUT2D eigenvalue weighted by molar-refractivity contribution is 0.0220. The van der Waals surface area contributed by atoms with Gasteiger partial charge in [-0.2, -0.15) is 0 Å². The van der Waals surface area contributed by atoms with Crippen molar-refractivity contribution in [1.82, 2.24) is 0 Å². The molecule has 1 aromatic rings. The van der Waals surface area contributed by atoms with Crippen LogP contribution in [0.15, 0.2) is 18.2 Å². The highest BCUT2D eigenvalue weighted by molar-refractivity contribution is 5.22. The van der Waals surface area contributed by atoms with Crippen molar-refractivity contribution in [3.63, 3.8) is 0 Å². The number of aliphatic hydroxyl groups excluding tert-OH is 1. The molecule has 4 heteroatoms. The number of hydrogen-bond donors (Lipinski definition) is 1. The van der Waals surface area contributed by atoms with E-state index in [4.69, 9.17) is 4.74 Å². The summed E-state index contributed by atoms with van der Waals surface area (Å²) in [7, 11) is 0. The van der Waals surface area contributed by atoms with E-state index in [-0.39, 0.29) is 29.6 Å². The highest BCUT2D eigenvalue weighted by atomic mass is 19.1. The smallest absolute Gasteiger partial charge is 0.131 e. The van der Waals surface area contributed by atoms with Gasteiger partial charge in [0.25, 0.3) is 0 Å².